The van der Waals surface area contributed by atoms with Crippen molar-refractivity contribution in [3.8, 4) is 0 Å². The normalized spacial score (nSPS) is 15.2. The maximum atomic E-state index is 12.8. The summed E-state index contributed by atoms with van der Waals surface area (Å²) in [6, 6.07) is 4.51. The topological polar surface area (TPSA) is 74.7 Å². The summed E-state index contributed by atoms with van der Waals surface area (Å²) in [4.78, 5) is 10.5. The van der Waals surface area contributed by atoms with Gasteiger partial charge < -0.3 is 5.11 Å². The Balaban J connectivity index is 2.16. The fourth-order valence-electron chi connectivity index (χ4n) is 2.21. The average Bonchev–Trinajstić information content (AvgIpc) is 3.25. The second-order valence-electron chi connectivity index (χ2n) is 5.25. The summed E-state index contributed by atoms with van der Waals surface area (Å²) < 4.78 is 27.0. The van der Waals surface area contributed by atoms with E-state index in [1.165, 1.54) is 16.4 Å². The van der Waals surface area contributed by atoms with Crippen LogP contribution in [0.4, 0.5) is 0 Å². The minimum absolute atomic E-state index is 0.00630. The highest BCUT2D eigenvalue weighted by molar-refractivity contribution is 7.89. The first kappa shape index (κ1) is 17.5. The summed E-state index contributed by atoms with van der Waals surface area (Å²) in [5, 5.41) is 8.87. The number of unbranched alkanes of at least 4 members (excludes halogenated alkanes) is 1. The highest BCUT2D eigenvalue weighted by Crippen LogP contribution is 2.36. The largest absolute Gasteiger partial charge is 0.481 e. The van der Waals surface area contributed by atoms with Crippen LogP contribution in [0.25, 0.3) is 0 Å². The lowest BCUT2D eigenvalue weighted by Gasteiger charge is -2.22. The Kier molecular flexibility index (Phi) is 5.71. The molecule has 1 fully saturated rings. The van der Waals surface area contributed by atoms with E-state index >= 15 is 0 Å². The van der Waals surface area contributed by atoms with Crippen molar-refractivity contribution in [1.82, 2.24) is 4.31 Å². The Labute approximate surface area is 139 Å². The standard InChI is InChI=1S/C14H17Cl2NO4S/c15-11-4-3-5-12(14(11)16)22(20,21)17(10-7-8-10)9-2-1-6-13(18)19/h3-5,10H,1-2,6-9H2,(H,18,19). The maximum Gasteiger partial charge on any atom is 0.303 e. The molecule has 0 aromatic heterocycles. The van der Waals surface area contributed by atoms with Crippen LogP contribution in [-0.2, 0) is 14.8 Å². The number of benzene rings is 1. The molecule has 1 N–H and O–H groups in total. The molecule has 0 radical (unpaired) electrons. The van der Waals surface area contributed by atoms with E-state index in [2.05, 4.69) is 0 Å². The number of rotatable bonds is 8. The van der Waals surface area contributed by atoms with E-state index in [1.807, 2.05) is 0 Å². The second-order valence-corrected chi connectivity index (χ2v) is 7.89. The van der Waals surface area contributed by atoms with Crippen molar-refractivity contribution in [2.45, 2.75) is 43.0 Å². The average molecular weight is 366 g/mol. The summed E-state index contributed by atoms with van der Waals surface area (Å²) in [7, 11) is -3.72. The van der Waals surface area contributed by atoms with Gasteiger partial charge in [-0.05, 0) is 37.8 Å². The third-order valence-electron chi connectivity index (χ3n) is 3.48. The van der Waals surface area contributed by atoms with Gasteiger partial charge in [0.2, 0.25) is 10.0 Å². The molecule has 8 heteroatoms. The van der Waals surface area contributed by atoms with Gasteiger partial charge in [0.25, 0.3) is 0 Å². The molecule has 0 bridgehead atoms. The van der Waals surface area contributed by atoms with Crippen LogP contribution in [0.2, 0.25) is 10.0 Å². The number of nitrogens with zero attached hydrogens (tertiary/aromatic N) is 1. The van der Waals surface area contributed by atoms with Crippen molar-refractivity contribution < 1.29 is 18.3 Å². The first-order chi connectivity index (χ1) is 10.3. The molecule has 0 heterocycles. The van der Waals surface area contributed by atoms with E-state index in [9.17, 15) is 13.2 Å². The molecule has 22 heavy (non-hydrogen) atoms. The van der Waals surface area contributed by atoms with E-state index in [0.717, 1.165) is 12.8 Å². The highest BCUT2D eigenvalue weighted by atomic mass is 35.5. The van der Waals surface area contributed by atoms with Crippen molar-refractivity contribution in [3.63, 3.8) is 0 Å². The Morgan fingerprint density at radius 3 is 2.55 bits per heavy atom. The second kappa shape index (κ2) is 7.17. The van der Waals surface area contributed by atoms with Crippen molar-refractivity contribution in [2.75, 3.05) is 6.54 Å². The van der Waals surface area contributed by atoms with E-state index in [1.54, 1.807) is 6.07 Å². The zero-order valence-corrected chi connectivity index (χ0v) is 14.2. The van der Waals surface area contributed by atoms with Crippen molar-refractivity contribution in [2.24, 2.45) is 0 Å². The molecule has 2 rings (SSSR count). The van der Waals surface area contributed by atoms with Gasteiger partial charge >= 0.3 is 5.97 Å². The molecule has 1 saturated carbocycles. The third-order valence-corrected chi connectivity index (χ3v) is 6.40. The zero-order chi connectivity index (χ0) is 16.3. The Hall–Kier alpha value is -0.820. The summed E-state index contributed by atoms with van der Waals surface area (Å²) in [6.07, 6.45) is 2.61. The molecule has 1 aliphatic rings. The number of sulfonamides is 1. The van der Waals surface area contributed by atoms with E-state index in [-0.39, 0.29) is 27.4 Å². The van der Waals surface area contributed by atoms with Crippen molar-refractivity contribution in [1.29, 1.82) is 0 Å². The summed E-state index contributed by atoms with van der Waals surface area (Å²) in [5.74, 6) is -0.876. The molecular formula is C14H17Cl2NO4S. The van der Waals surface area contributed by atoms with Crippen LogP contribution in [-0.4, -0.2) is 36.4 Å². The van der Waals surface area contributed by atoms with Crippen LogP contribution in [0.1, 0.15) is 32.1 Å². The fraction of sp³-hybridized carbons (Fsp3) is 0.500. The van der Waals surface area contributed by atoms with Crippen molar-refractivity contribution >= 4 is 39.2 Å². The number of carboxylic acids is 1. The Morgan fingerprint density at radius 2 is 1.95 bits per heavy atom. The highest BCUT2D eigenvalue weighted by Gasteiger charge is 2.38. The summed E-state index contributed by atoms with van der Waals surface area (Å²) in [6.45, 7) is 0.295. The predicted octanol–water partition coefficient (Wildman–Crippen LogP) is 3.40. The molecule has 1 aromatic carbocycles. The smallest absolute Gasteiger partial charge is 0.303 e. The van der Waals surface area contributed by atoms with Crippen LogP contribution >= 0.6 is 23.2 Å². The molecule has 0 spiro atoms. The lowest BCUT2D eigenvalue weighted by Crippen LogP contribution is -2.34. The molecule has 0 saturated heterocycles. The lowest BCUT2D eigenvalue weighted by atomic mass is 10.2. The van der Waals surface area contributed by atoms with Crippen LogP contribution < -0.4 is 0 Å². The Bertz CT molecular complexity index is 659. The molecule has 0 unspecified atom stereocenters. The monoisotopic (exact) mass is 365 g/mol. The maximum absolute atomic E-state index is 12.8. The molecular weight excluding hydrogens is 349 g/mol. The van der Waals surface area contributed by atoms with Crippen LogP contribution in [0.15, 0.2) is 23.1 Å². The molecule has 5 nitrogen and oxygen atoms in total. The Morgan fingerprint density at radius 1 is 1.27 bits per heavy atom. The molecule has 122 valence electrons. The van der Waals surface area contributed by atoms with Crippen LogP contribution in [0, 0.1) is 0 Å². The predicted molar refractivity (Wildman–Crippen MR) is 84.9 cm³/mol. The molecule has 0 amide bonds. The van der Waals surface area contributed by atoms with Gasteiger partial charge in [0, 0.05) is 19.0 Å². The number of carbonyl (C=O) groups is 1. The van der Waals surface area contributed by atoms with Gasteiger partial charge in [-0.15, -0.1) is 0 Å². The molecule has 1 aromatic rings. The van der Waals surface area contributed by atoms with Gasteiger partial charge in [-0.3, -0.25) is 4.79 Å². The fourth-order valence-corrected chi connectivity index (χ4v) is 4.68. The SMILES string of the molecule is O=C(O)CCCCN(C1CC1)S(=O)(=O)c1cccc(Cl)c1Cl. The summed E-state index contributed by atoms with van der Waals surface area (Å²) >= 11 is 11.9. The van der Waals surface area contributed by atoms with Gasteiger partial charge in [0.15, 0.2) is 0 Å². The molecule has 0 aliphatic heterocycles. The van der Waals surface area contributed by atoms with Crippen LogP contribution in [0.3, 0.4) is 0 Å². The number of aliphatic carboxylic acids is 1. The minimum atomic E-state index is -3.72. The number of hydrogen-bond donors (Lipinski definition) is 1. The van der Waals surface area contributed by atoms with Gasteiger partial charge in [-0.1, -0.05) is 29.3 Å². The first-order valence-electron chi connectivity index (χ1n) is 7.01. The lowest BCUT2D eigenvalue weighted by molar-refractivity contribution is -0.137. The summed E-state index contributed by atoms with van der Waals surface area (Å²) in [5.41, 5.74) is 0. The van der Waals surface area contributed by atoms with Gasteiger partial charge in [-0.2, -0.15) is 4.31 Å². The molecule has 1 aliphatic carbocycles. The minimum Gasteiger partial charge on any atom is -0.481 e. The van der Waals surface area contributed by atoms with Crippen LogP contribution in [0.5, 0.6) is 0 Å². The third kappa shape index (κ3) is 4.13. The zero-order valence-electron chi connectivity index (χ0n) is 11.8. The van der Waals surface area contributed by atoms with E-state index < -0.39 is 16.0 Å². The van der Waals surface area contributed by atoms with Crippen molar-refractivity contribution in [3.05, 3.63) is 28.2 Å². The van der Waals surface area contributed by atoms with Gasteiger partial charge in [-0.25, -0.2) is 8.42 Å². The van der Waals surface area contributed by atoms with E-state index in [4.69, 9.17) is 28.3 Å². The number of hydrogen-bond acceptors (Lipinski definition) is 3. The number of halogens is 2. The van der Waals surface area contributed by atoms with Gasteiger partial charge in [0.1, 0.15) is 4.90 Å². The van der Waals surface area contributed by atoms with Gasteiger partial charge in [0.05, 0.1) is 10.0 Å². The first-order valence-corrected chi connectivity index (χ1v) is 9.21. The quantitative estimate of drug-likeness (QED) is 0.716. The number of carboxylic acid groups (broad SMARTS) is 1. The molecule has 0 atom stereocenters. The van der Waals surface area contributed by atoms with E-state index in [0.29, 0.717) is 19.4 Å².